The summed E-state index contributed by atoms with van der Waals surface area (Å²) in [6, 6.07) is 0. The monoisotopic (exact) mass is 169 g/mol. The van der Waals surface area contributed by atoms with Gasteiger partial charge in [-0.15, -0.1) is 6.58 Å². The van der Waals surface area contributed by atoms with Gasteiger partial charge in [-0.05, 0) is 6.20 Å². The fourth-order valence-electron chi connectivity index (χ4n) is 1.08. The SMILES string of the molecule is C=CCN1CCNCC1.C=CN. The second-order valence-electron chi connectivity index (χ2n) is 2.57. The van der Waals surface area contributed by atoms with Crippen molar-refractivity contribution in [3.05, 3.63) is 25.4 Å². The van der Waals surface area contributed by atoms with E-state index in [-0.39, 0.29) is 0 Å². The Morgan fingerprint density at radius 2 is 1.83 bits per heavy atom. The number of nitrogens with one attached hydrogen (secondary N) is 1. The molecule has 1 rings (SSSR count). The van der Waals surface area contributed by atoms with Crippen molar-refractivity contribution in [1.82, 2.24) is 10.2 Å². The van der Waals surface area contributed by atoms with Crippen LogP contribution in [0.1, 0.15) is 0 Å². The molecule has 0 aliphatic carbocycles. The van der Waals surface area contributed by atoms with Crippen molar-refractivity contribution in [2.45, 2.75) is 0 Å². The van der Waals surface area contributed by atoms with Gasteiger partial charge in [0.2, 0.25) is 0 Å². The molecule has 1 fully saturated rings. The Morgan fingerprint density at radius 1 is 1.33 bits per heavy atom. The first-order valence-electron chi connectivity index (χ1n) is 4.21. The van der Waals surface area contributed by atoms with Gasteiger partial charge >= 0.3 is 0 Å². The second kappa shape index (κ2) is 8.30. The Bertz CT molecular complexity index is 117. The van der Waals surface area contributed by atoms with Crippen molar-refractivity contribution in [1.29, 1.82) is 0 Å². The molecule has 3 nitrogen and oxygen atoms in total. The largest absolute Gasteiger partial charge is 0.405 e. The third kappa shape index (κ3) is 5.95. The summed E-state index contributed by atoms with van der Waals surface area (Å²) in [5, 5.41) is 3.30. The van der Waals surface area contributed by atoms with E-state index in [1.165, 1.54) is 19.3 Å². The van der Waals surface area contributed by atoms with Crippen LogP contribution in [-0.2, 0) is 0 Å². The summed E-state index contributed by atoms with van der Waals surface area (Å²) < 4.78 is 0. The Morgan fingerprint density at radius 3 is 2.25 bits per heavy atom. The van der Waals surface area contributed by atoms with Crippen molar-refractivity contribution in [3.8, 4) is 0 Å². The van der Waals surface area contributed by atoms with Crippen LogP contribution in [0.5, 0.6) is 0 Å². The number of rotatable bonds is 2. The predicted molar refractivity (Wildman–Crippen MR) is 53.9 cm³/mol. The standard InChI is InChI=1S/C7H14N2.C2H5N/c1-2-5-9-6-3-8-4-7-9;1-2-3/h2,8H,1,3-7H2;2H,1,3H2. The molecule has 0 spiro atoms. The van der Waals surface area contributed by atoms with E-state index in [1.54, 1.807) is 0 Å². The molecular formula is C9H19N3. The highest BCUT2D eigenvalue weighted by molar-refractivity contribution is 4.76. The lowest BCUT2D eigenvalue weighted by Gasteiger charge is -2.25. The number of hydrogen-bond acceptors (Lipinski definition) is 3. The number of piperazine rings is 1. The van der Waals surface area contributed by atoms with Crippen LogP contribution in [0, 0.1) is 0 Å². The lowest BCUT2D eigenvalue weighted by atomic mass is 10.3. The average molecular weight is 169 g/mol. The molecule has 0 radical (unpaired) electrons. The first kappa shape index (κ1) is 11.2. The molecule has 0 unspecified atom stereocenters. The van der Waals surface area contributed by atoms with Gasteiger partial charge < -0.3 is 11.1 Å². The first-order valence-corrected chi connectivity index (χ1v) is 4.21. The van der Waals surface area contributed by atoms with Gasteiger partial charge in [-0.2, -0.15) is 0 Å². The highest BCUT2D eigenvalue weighted by Gasteiger charge is 2.05. The van der Waals surface area contributed by atoms with E-state index in [9.17, 15) is 0 Å². The Labute approximate surface area is 74.9 Å². The normalized spacial score (nSPS) is 17.3. The van der Waals surface area contributed by atoms with E-state index in [4.69, 9.17) is 0 Å². The summed E-state index contributed by atoms with van der Waals surface area (Å²) in [5.74, 6) is 0. The molecule has 0 bridgehead atoms. The molecular weight excluding hydrogens is 150 g/mol. The molecule has 0 aromatic heterocycles. The summed E-state index contributed by atoms with van der Waals surface area (Å²) >= 11 is 0. The summed E-state index contributed by atoms with van der Waals surface area (Å²) in [5.41, 5.74) is 4.61. The number of nitrogens with zero attached hydrogens (tertiary/aromatic N) is 1. The first-order chi connectivity index (χ1) is 5.85. The molecule has 0 atom stereocenters. The van der Waals surface area contributed by atoms with Crippen LogP contribution in [0.15, 0.2) is 25.4 Å². The third-order valence-electron chi connectivity index (χ3n) is 1.60. The lowest BCUT2D eigenvalue weighted by molar-refractivity contribution is 0.265. The van der Waals surface area contributed by atoms with E-state index in [0.717, 1.165) is 19.6 Å². The molecule has 3 heteroatoms. The second-order valence-corrected chi connectivity index (χ2v) is 2.57. The van der Waals surface area contributed by atoms with Crippen LogP contribution in [0.3, 0.4) is 0 Å². The molecule has 3 N–H and O–H groups in total. The fraction of sp³-hybridized carbons (Fsp3) is 0.556. The van der Waals surface area contributed by atoms with Gasteiger partial charge in [0.05, 0.1) is 0 Å². The van der Waals surface area contributed by atoms with Crippen LogP contribution in [0.4, 0.5) is 0 Å². The predicted octanol–water partition coefficient (Wildman–Crippen LogP) is 0.166. The van der Waals surface area contributed by atoms with E-state index >= 15 is 0 Å². The zero-order valence-electron chi connectivity index (χ0n) is 7.63. The van der Waals surface area contributed by atoms with Crippen LogP contribution < -0.4 is 11.1 Å². The van der Waals surface area contributed by atoms with E-state index in [2.05, 4.69) is 29.1 Å². The van der Waals surface area contributed by atoms with Gasteiger partial charge in [0.15, 0.2) is 0 Å². The maximum atomic E-state index is 4.61. The van der Waals surface area contributed by atoms with Crippen LogP contribution in [0.2, 0.25) is 0 Å². The minimum Gasteiger partial charge on any atom is -0.405 e. The van der Waals surface area contributed by atoms with E-state index < -0.39 is 0 Å². The molecule has 1 heterocycles. The Balaban J connectivity index is 0.000000354. The molecule has 1 saturated heterocycles. The van der Waals surface area contributed by atoms with Gasteiger partial charge in [0, 0.05) is 32.7 Å². The molecule has 1 aliphatic heterocycles. The van der Waals surface area contributed by atoms with Crippen molar-refractivity contribution in [2.24, 2.45) is 5.73 Å². The molecule has 0 aromatic rings. The molecule has 70 valence electrons. The average Bonchev–Trinajstić information content (AvgIpc) is 2.08. The number of hydrogen-bond donors (Lipinski definition) is 2. The molecule has 0 saturated carbocycles. The van der Waals surface area contributed by atoms with Crippen molar-refractivity contribution >= 4 is 0 Å². The summed E-state index contributed by atoms with van der Waals surface area (Å²) in [4.78, 5) is 2.39. The van der Waals surface area contributed by atoms with Crippen molar-refractivity contribution < 1.29 is 0 Å². The smallest absolute Gasteiger partial charge is 0.0161 e. The van der Waals surface area contributed by atoms with Crippen LogP contribution in [-0.4, -0.2) is 37.6 Å². The fourth-order valence-corrected chi connectivity index (χ4v) is 1.08. The minimum atomic E-state index is 1.04. The lowest BCUT2D eigenvalue weighted by Crippen LogP contribution is -2.43. The summed E-state index contributed by atoms with van der Waals surface area (Å²) in [6.45, 7) is 12.5. The van der Waals surface area contributed by atoms with E-state index in [0.29, 0.717) is 0 Å². The highest BCUT2D eigenvalue weighted by atomic mass is 15.2. The van der Waals surface area contributed by atoms with Gasteiger partial charge in [-0.3, -0.25) is 4.90 Å². The van der Waals surface area contributed by atoms with Crippen molar-refractivity contribution in [3.63, 3.8) is 0 Å². The van der Waals surface area contributed by atoms with Crippen LogP contribution in [0.25, 0.3) is 0 Å². The topological polar surface area (TPSA) is 41.3 Å². The molecule has 12 heavy (non-hydrogen) atoms. The molecule has 0 amide bonds. The minimum absolute atomic E-state index is 1.04. The van der Waals surface area contributed by atoms with Crippen LogP contribution >= 0.6 is 0 Å². The maximum absolute atomic E-state index is 4.61. The van der Waals surface area contributed by atoms with Gasteiger partial charge in [0.25, 0.3) is 0 Å². The molecule has 1 aliphatic rings. The highest BCUT2D eigenvalue weighted by Crippen LogP contribution is 1.89. The van der Waals surface area contributed by atoms with E-state index in [1.807, 2.05) is 6.08 Å². The summed E-state index contributed by atoms with van der Waals surface area (Å²) in [6.07, 6.45) is 3.21. The Kier molecular flexibility index (Phi) is 7.74. The van der Waals surface area contributed by atoms with Crippen molar-refractivity contribution in [2.75, 3.05) is 32.7 Å². The summed E-state index contributed by atoms with van der Waals surface area (Å²) in [7, 11) is 0. The van der Waals surface area contributed by atoms with Gasteiger partial charge in [-0.1, -0.05) is 12.7 Å². The number of nitrogens with two attached hydrogens (primary N) is 1. The zero-order chi connectivity index (χ0) is 9.23. The third-order valence-corrected chi connectivity index (χ3v) is 1.60. The van der Waals surface area contributed by atoms with Gasteiger partial charge in [-0.25, -0.2) is 0 Å². The maximum Gasteiger partial charge on any atom is 0.0161 e. The Hall–Kier alpha value is -0.800. The quantitative estimate of drug-likeness (QED) is 0.579. The van der Waals surface area contributed by atoms with Gasteiger partial charge in [0.1, 0.15) is 0 Å². The zero-order valence-corrected chi connectivity index (χ0v) is 7.63. The molecule has 0 aromatic carbocycles.